The molecule has 1 rings (SSSR count). The number of rotatable bonds is 8. The number of amides is 1. The molecule has 6 heteroatoms. The zero-order valence-corrected chi connectivity index (χ0v) is 12.9. The lowest BCUT2D eigenvalue weighted by Crippen LogP contribution is -2.30. The zero-order valence-electron chi connectivity index (χ0n) is 12.1. The number of aryl methyl sites for hydroxylation is 1. The lowest BCUT2D eigenvalue weighted by molar-refractivity contribution is -0.120. The molecule has 5 nitrogen and oxygen atoms in total. The third-order valence-corrected chi connectivity index (χ3v) is 4.11. The minimum absolute atomic E-state index is 0.0583. The summed E-state index contributed by atoms with van der Waals surface area (Å²) < 4.78 is 5.30. The van der Waals surface area contributed by atoms with Crippen molar-refractivity contribution in [1.29, 1.82) is 0 Å². The van der Waals surface area contributed by atoms with Gasteiger partial charge in [-0.1, -0.05) is 13.3 Å². The van der Waals surface area contributed by atoms with Crippen LogP contribution in [0.2, 0.25) is 0 Å². The zero-order chi connectivity index (χ0) is 15.1. The predicted octanol–water partition coefficient (Wildman–Crippen LogP) is 2.82. The number of carbonyl (C=O) groups is 2. The summed E-state index contributed by atoms with van der Waals surface area (Å²) in [5.41, 5.74) is 0.139. The smallest absolute Gasteiger partial charge is 0.339 e. The Morgan fingerprint density at radius 2 is 2.20 bits per heavy atom. The Hall–Kier alpha value is -1.43. The van der Waals surface area contributed by atoms with Crippen molar-refractivity contribution in [1.82, 2.24) is 5.32 Å². The molecule has 1 unspecified atom stereocenters. The van der Waals surface area contributed by atoms with Crippen molar-refractivity contribution in [2.24, 2.45) is 0 Å². The van der Waals surface area contributed by atoms with Crippen molar-refractivity contribution in [3.63, 3.8) is 0 Å². The first-order valence-corrected chi connectivity index (χ1v) is 7.72. The number of hydrogen-bond acceptors (Lipinski definition) is 4. The van der Waals surface area contributed by atoms with Gasteiger partial charge in [0.2, 0.25) is 5.91 Å². The Morgan fingerprint density at radius 3 is 2.75 bits per heavy atom. The largest absolute Gasteiger partial charge is 0.478 e. The molecule has 2 N–H and O–H groups in total. The molecule has 0 aliphatic heterocycles. The van der Waals surface area contributed by atoms with Crippen LogP contribution in [0.15, 0.2) is 10.5 Å². The molecule has 0 aliphatic carbocycles. The molecule has 1 aromatic rings. The molecule has 0 fully saturated rings. The summed E-state index contributed by atoms with van der Waals surface area (Å²) in [7, 11) is 0. The molecule has 0 aromatic carbocycles. The van der Waals surface area contributed by atoms with E-state index in [4.69, 9.17) is 9.52 Å². The van der Waals surface area contributed by atoms with Crippen LogP contribution in [0, 0.1) is 6.92 Å². The average molecular weight is 299 g/mol. The van der Waals surface area contributed by atoms with Gasteiger partial charge in [-0.05, 0) is 32.1 Å². The molecule has 112 valence electrons. The van der Waals surface area contributed by atoms with E-state index in [2.05, 4.69) is 12.2 Å². The average Bonchev–Trinajstić information content (AvgIpc) is 2.77. The second-order valence-corrected chi connectivity index (χ2v) is 6.02. The predicted molar refractivity (Wildman–Crippen MR) is 79.1 cm³/mol. The maximum atomic E-state index is 11.8. The number of hydrogen-bond donors (Lipinski definition) is 2. The van der Waals surface area contributed by atoms with Gasteiger partial charge in [-0.15, -0.1) is 11.8 Å². The van der Waals surface area contributed by atoms with E-state index in [1.165, 1.54) is 6.07 Å². The van der Waals surface area contributed by atoms with E-state index in [1.807, 2.05) is 6.92 Å². The van der Waals surface area contributed by atoms with E-state index in [1.54, 1.807) is 18.7 Å². The van der Waals surface area contributed by atoms with Gasteiger partial charge in [0.1, 0.15) is 17.1 Å². The van der Waals surface area contributed by atoms with E-state index in [0.717, 1.165) is 18.6 Å². The van der Waals surface area contributed by atoms with Gasteiger partial charge in [0, 0.05) is 0 Å². The van der Waals surface area contributed by atoms with E-state index in [-0.39, 0.29) is 23.3 Å². The molecule has 20 heavy (non-hydrogen) atoms. The second kappa shape index (κ2) is 7.99. The fraction of sp³-hybridized carbons (Fsp3) is 0.571. The van der Waals surface area contributed by atoms with Crippen LogP contribution in [0.5, 0.6) is 0 Å². The highest BCUT2D eigenvalue weighted by atomic mass is 32.2. The Morgan fingerprint density at radius 1 is 1.50 bits per heavy atom. The van der Waals surface area contributed by atoms with Crippen molar-refractivity contribution in [3.05, 3.63) is 23.2 Å². The standard InChI is InChI=1S/C14H21NO4S/c1-4-5-6-20-10(3)13(16)15-8-11-7-12(14(17)18)9(2)19-11/h7,10H,4-6,8H2,1-3H3,(H,15,16)(H,17,18). The topological polar surface area (TPSA) is 79.5 Å². The van der Waals surface area contributed by atoms with Crippen LogP contribution in [-0.2, 0) is 11.3 Å². The van der Waals surface area contributed by atoms with Crippen LogP contribution in [0.3, 0.4) is 0 Å². The minimum Gasteiger partial charge on any atom is -0.478 e. The number of carboxylic acids is 1. The molecular weight excluding hydrogens is 278 g/mol. The van der Waals surface area contributed by atoms with Crippen molar-refractivity contribution in [2.45, 2.75) is 45.4 Å². The van der Waals surface area contributed by atoms with Gasteiger partial charge in [0.05, 0.1) is 11.8 Å². The third-order valence-electron chi connectivity index (χ3n) is 2.87. The fourth-order valence-corrected chi connectivity index (χ4v) is 2.68. The normalized spacial score (nSPS) is 12.2. The first-order valence-electron chi connectivity index (χ1n) is 6.67. The van der Waals surface area contributed by atoms with Crippen LogP contribution in [0.1, 0.15) is 48.6 Å². The quantitative estimate of drug-likeness (QED) is 0.722. The summed E-state index contributed by atoms with van der Waals surface area (Å²) >= 11 is 1.62. The molecule has 0 saturated carbocycles. The molecule has 1 amide bonds. The number of aromatic carboxylic acids is 1. The minimum atomic E-state index is -1.02. The maximum Gasteiger partial charge on any atom is 0.339 e. The molecule has 0 saturated heterocycles. The van der Waals surface area contributed by atoms with Gasteiger partial charge in [-0.3, -0.25) is 4.79 Å². The summed E-state index contributed by atoms with van der Waals surface area (Å²) in [6.45, 7) is 5.79. The first kappa shape index (κ1) is 16.6. The van der Waals surface area contributed by atoms with Crippen molar-refractivity contribution < 1.29 is 19.1 Å². The molecular formula is C14H21NO4S. The van der Waals surface area contributed by atoms with Crippen LogP contribution in [0.25, 0.3) is 0 Å². The molecule has 1 heterocycles. The van der Waals surface area contributed by atoms with Crippen LogP contribution >= 0.6 is 11.8 Å². The Bertz CT molecular complexity index is 470. The number of carboxylic acid groups (broad SMARTS) is 1. The molecule has 0 aliphatic rings. The summed E-state index contributed by atoms with van der Waals surface area (Å²) in [4.78, 5) is 22.7. The summed E-state index contributed by atoms with van der Waals surface area (Å²) in [5, 5.41) is 11.6. The lowest BCUT2D eigenvalue weighted by Gasteiger charge is -2.10. The Balaban J connectivity index is 2.44. The Labute approximate surface area is 123 Å². The number of unbranched alkanes of at least 4 members (excludes halogenated alkanes) is 1. The number of carbonyl (C=O) groups excluding carboxylic acids is 1. The number of thioether (sulfide) groups is 1. The van der Waals surface area contributed by atoms with E-state index >= 15 is 0 Å². The van der Waals surface area contributed by atoms with Gasteiger partial charge < -0.3 is 14.8 Å². The van der Waals surface area contributed by atoms with Crippen LogP contribution in [-0.4, -0.2) is 28.0 Å². The van der Waals surface area contributed by atoms with Crippen molar-refractivity contribution >= 4 is 23.6 Å². The Kier molecular flexibility index (Phi) is 6.64. The first-order chi connectivity index (χ1) is 9.45. The highest BCUT2D eigenvalue weighted by molar-refractivity contribution is 8.00. The molecule has 0 bridgehead atoms. The molecule has 1 atom stereocenters. The van der Waals surface area contributed by atoms with Crippen molar-refractivity contribution in [2.75, 3.05) is 5.75 Å². The molecule has 0 spiro atoms. The highest BCUT2D eigenvalue weighted by Crippen LogP contribution is 2.16. The van der Waals surface area contributed by atoms with E-state index in [0.29, 0.717) is 11.5 Å². The number of furan rings is 1. The van der Waals surface area contributed by atoms with Crippen LogP contribution < -0.4 is 5.32 Å². The fourth-order valence-electron chi connectivity index (χ4n) is 1.64. The highest BCUT2D eigenvalue weighted by Gasteiger charge is 2.16. The summed E-state index contributed by atoms with van der Waals surface area (Å²) in [6, 6.07) is 1.45. The van der Waals surface area contributed by atoms with E-state index in [9.17, 15) is 9.59 Å². The molecule has 1 aromatic heterocycles. The lowest BCUT2D eigenvalue weighted by atomic mass is 10.2. The summed E-state index contributed by atoms with van der Waals surface area (Å²) in [5.74, 6) is 0.698. The molecule has 0 radical (unpaired) electrons. The second-order valence-electron chi connectivity index (χ2n) is 4.57. The van der Waals surface area contributed by atoms with Gasteiger partial charge in [0.25, 0.3) is 0 Å². The van der Waals surface area contributed by atoms with Gasteiger partial charge in [-0.25, -0.2) is 4.79 Å². The summed E-state index contributed by atoms with van der Waals surface area (Å²) in [6.07, 6.45) is 2.21. The van der Waals surface area contributed by atoms with Crippen LogP contribution in [0.4, 0.5) is 0 Å². The SMILES string of the molecule is CCCCSC(C)C(=O)NCc1cc(C(=O)O)c(C)o1. The van der Waals surface area contributed by atoms with Gasteiger partial charge in [0.15, 0.2) is 0 Å². The third kappa shape index (κ3) is 4.92. The van der Waals surface area contributed by atoms with Crippen molar-refractivity contribution in [3.8, 4) is 0 Å². The monoisotopic (exact) mass is 299 g/mol. The van der Waals surface area contributed by atoms with Gasteiger partial charge >= 0.3 is 5.97 Å². The maximum absolute atomic E-state index is 11.8. The van der Waals surface area contributed by atoms with E-state index < -0.39 is 5.97 Å². The van der Waals surface area contributed by atoms with Gasteiger partial charge in [-0.2, -0.15) is 0 Å². The number of nitrogens with one attached hydrogen (secondary N) is 1.